The first-order valence-electron chi connectivity index (χ1n) is 6.67. The van der Waals surface area contributed by atoms with Crippen LogP contribution in [0.15, 0.2) is 12.5 Å². The average molecular weight is 237 g/mol. The Morgan fingerprint density at radius 1 is 1.47 bits per heavy atom. The van der Waals surface area contributed by atoms with Gasteiger partial charge in [0, 0.05) is 12.7 Å². The van der Waals surface area contributed by atoms with Gasteiger partial charge in [0.2, 0.25) is 0 Å². The quantitative estimate of drug-likeness (QED) is 0.793. The topological polar surface area (TPSA) is 64.1 Å². The summed E-state index contributed by atoms with van der Waals surface area (Å²) in [5.74, 6) is 0.938. The zero-order valence-corrected chi connectivity index (χ0v) is 10.4. The highest BCUT2D eigenvalue weighted by Gasteiger charge is 2.15. The lowest BCUT2D eigenvalue weighted by atomic mass is 10.0. The van der Waals surface area contributed by atoms with Crippen molar-refractivity contribution in [3.63, 3.8) is 0 Å². The van der Waals surface area contributed by atoms with Gasteiger partial charge in [-0.1, -0.05) is 25.7 Å². The summed E-state index contributed by atoms with van der Waals surface area (Å²) in [7, 11) is 0. The molecule has 1 aliphatic carbocycles. The van der Waals surface area contributed by atoms with Gasteiger partial charge in [-0.15, -0.1) is 0 Å². The molecule has 0 aromatic carbocycles. The maximum Gasteiger partial charge on any atom is 0.0948 e. The smallest absolute Gasteiger partial charge is 0.0948 e. The maximum atomic E-state index is 9.06. The van der Waals surface area contributed by atoms with Crippen molar-refractivity contribution in [2.24, 2.45) is 11.7 Å². The molecule has 1 saturated carbocycles. The summed E-state index contributed by atoms with van der Waals surface area (Å²) in [6.07, 6.45) is 11.7. The highest BCUT2D eigenvalue weighted by atomic mass is 16.3. The largest absolute Gasteiger partial charge is 0.394 e. The van der Waals surface area contributed by atoms with Crippen LogP contribution in [-0.2, 0) is 6.54 Å². The molecule has 1 aromatic rings. The third-order valence-corrected chi connectivity index (χ3v) is 3.81. The number of hydrogen-bond acceptors (Lipinski definition) is 3. The van der Waals surface area contributed by atoms with Crippen LogP contribution in [0.25, 0.3) is 0 Å². The number of nitrogens with two attached hydrogens (primary N) is 1. The minimum atomic E-state index is -0.302. The number of hydrogen-bond donors (Lipinski definition) is 2. The highest BCUT2D eigenvalue weighted by Crippen LogP contribution is 2.28. The number of aliphatic hydroxyl groups is 1. The molecule has 2 rings (SSSR count). The summed E-state index contributed by atoms with van der Waals surface area (Å²) in [6, 6.07) is -0.302. The molecular formula is C13H23N3O. The Hall–Kier alpha value is -0.870. The van der Waals surface area contributed by atoms with E-state index < -0.39 is 0 Å². The molecule has 0 bridgehead atoms. The minimum Gasteiger partial charge on any atom is -0.394 e. The van der Waals surface area contributed by atoms with E-state index in [0.29, 0.717) is 0 Å². The number of rotatable bonds is 6. The summed E-state index contributed by atoms with van der Waals surface area (Å²) >= 11 is 0. The second kappa shape index (κ2) is 6.17. The molecule has 0 aliphatic heterocycles. The van der Waals surface area contributed by atoms with Crippen LogP contribution in [0.4, 0.5) is 0 Å². The second-order valence-corrected chi connectivity index (χ2v) is 5.09. The number of aryl methyl sites for hydroxylation is 1. The van der Waals surface area contributed by atoms with Gasteiger partial charge in [0.05, 0.1) is 24.7 Å². The Labute approximate surface area is 103 Å². The predicted octanol–water partition coefficient (Wildman–Crippen LogP) is 1.85. The third kappa shape index (κ3) is 3.30. The van der Waals surface area contributed by atoms with Crippen LogP contribution in [0.5, 0.6) is 0 Å². The van der Waals surface area contributed by atoms with Gasteiger partial charge >= 0.3 is 0 Å². The van der Waals surface area contributed by atoms with E-state index in [1.807, 2.05) is 6.33 Å². The fraction of sp³-hybridized carbons (Fsp3) is 0.769. The van der Waals surface area contributed by atoms with Crippen molar-refractivity contribution in [2.75, 3.05) is 6.61 Å². The summed E-state index contributed by atoms with van der Waals surface area (Å²) in [5, 5.41) is 9.06. The fourth-order valence-corrected chi connectivity index (χ4v) is 2.77. The van der Waals surface area contributed by atoms with Gasteiger partial charge < -0.3 is 15.4 Å². The van der Waals surface area contributed by atoms with Gasteiger partial charge in [0.25, 0.3) is 0 Å². The van der Waals surface area contributed by atoms with E-state index in [1.165, 1.54) is 38.5 Å². The number of aliphatic hydroxyl groups excluding tert-OH is 1. The SMILES string of the molecule is NC(CO)c1cncn1CCCC1CCCC1. The van der Waals surface area contributed by atoms with Crippen molar-refractivity contribution in [1.82, 2.24) is 9.55 Å². The molecule has 96 valence electrons. The van der Waals surface area contributed by atoms with Crippen molar-refractivity contribution in [1.29, 1.82) is 0 Å². The Morgan fingerprint density at radius 3 is 2.94 bits per heavy atom. The van der Waals surface area contributed by atoms with Gasteiger partial charge in [0.1, 0.15) is 0 Å². The summed E-state index contributed by atoms with van der Waals surface area (Å²) in [4.78, 5) is 4.11. The summed E-state index contributed by atoms with van der Waals surface area (Å²) in [6.45, 7) is 0.952. The molecule has 1 atom stereocenters. The summed E-state index contributed by atoms with van der Waals surface area (Å²) < 4.78 is 2.08. The van der Waals surface area contributed by atoms with Crippen molar-refractivity contribution in [3.05, 3.63) is 18.2 Å². The lowest BCUT2D eigenvalue weighted by Gasteiger charge is -2.13. The zero-order valence-electron chi connectivity index (χ0n) is 10.4. The lowest BCUT2D eigenvalue weighted by Crippen LogP contribution is -2.18. The normalized spacial score (nSPS) is 18.7. The average Bonchev–Trinajstić information content (AvgIpc) is 2.99. The molecule has 0 amide bonds. The molecule has 1 aromatic heterocycles. The van der Waals surface area contributed by atoms with Crippen LogP contribution in [0.2, 0.25) is 0 Å². The van der Waals surface area contributed by atoms with Crippen LogP contribution in [0.3, 0.4) is 0 Å². The standard InChI is InChI=1S/C13H23N3O/c14-12(9-17)13-8-15-10-16(13)7-3-6-11-4-1-2-5-11/h8,10-12,17H,1-7,9,14H2. The van der Waals surface area contributed by atoms with E-state index in [1.54, 1.807) is 6.20 Å². The Balaban J connectivity index is 1.79. The van der Waals surface area contributed by atoms with E-state index in [2.05, 4.69) is 9.55 Å². The predicted molar refractivity (Wildman–Crippen MR) is 67.4 cm³/mol. The molecule has 17 heavy (non-hydrogen) atoms. The van der Waals surface area contributed by atoms with E-state index >= 15 is 0 Å². The van der Waals surface area contributed by atoms with Crippen molar-refractivity contribution >= 4 is 0 Å². The van der Waals surface area contributed by atoms with E-state index in [0.717, 1.165) is 18.2 Å². The number of imidazole rings is 1. The first kappa shape index (κ1) is 12.6. The summed E-state index contributed by atoms with van der Waals surface area (Å²) in [5.41, 5.74) is 6.77. The molecule has 1 heterocycles. The van der Waals surface area contributed by atoms with Crippen LogP contribution >= 0.6 is 0 Å². The molecule has 0 radical (unpaired) electrons. The molecule has 1 unspecified atom stereocenters. The van der Waals surface area contributed by atoms with Crippen molar-refractivity contribution < 1.29 is 5.11 Å². The zero-order chi connectivity index (χ0) is 12.1. The molecule has 4 nitrogen and oxygen atoms in total. The fourth-order valence-electron chi connectivity index (χ4n) is 2.77. The molecule has 1 aliphatic rings. The monoisotopic (exact) mass is 237 g/mol. The van der Waals surface area contributed by atoms with Crippen molar-refractivity contribution in [3.8, 4) is 0 Å². The first-order valence-corrected chi connectivity index (χ1v) is 6.67. The molecule has 3 N–H and O–H groups in total. The Kier molecular flexibility index (Phi) is 4.57. The lowest BCUT2D eigenvalue weighted by molar-refractivity contribution is 0.262. The van der Waals surface area contributed by atoms with E-state index in [9.17, 15) is 0 Å². The highest BCUT2D eigenvalue weighted by molar-refractivity contribution is 5.04. The maximum absolute atomic E-state index is 9.06. The molecule has 1 fully saturated rings. The van der Waals surface area contributed by atoms with Crippen LogP contribution in [0.1, 0.15) is 50.3 Å². The molecular weight excluding hydrogens is 214 g/mol. The van der Waals surface area contributed by atoms with Crippen molar-refractivity contribution in [2.45, 2.75) is 51.1 Å². The molecule has 0 spiro atoms. The van der Waals surface area contributed by atoms with E-state index in [4.69, 9.17) is 10.8 Å². The van der Waals surface area contributed by atoms with E-state index in [-0.39, 0.29) is 12.6 Å². The molecule has 0 saturated heterocycles. The minimum absolute atomic E-state index is 0.0195. The first-order chi connectivity index (χ1) is 8.31. The van der Waals surface area contributed by atoms with Gasteiger partial charge in [-0.25, -0.2) is 4.98 Å². The van der Waals surface area contributed by atoms with Gasteiger partial charge in [0.15, 0.2) is 0 Å². The Morgan fingerprint density at radius 2 is 2.24 bits per heavy atom. The third-order valence-electron chi connectivity index (χ3n) is 3.81. The van der Waals surface area contributed by atoms with Crippen LogP contribution in [-0.4, -0.2) is 21.3 Å². The number of aromatic nitrogens is 2. The number of nitrogens with zero attached hydrogens (tertiary/aromatic N) is 2. The van der Waals surface area contributed by atoms with Crippen LogP contribution < -0.4 is 5.73 Å². The second-order valence-electron chi connectivity index (χ2n) is 5.09. The molecule has 4 heteroatoms. The van der Waals surface area contributed by atoms with Gasteiger partial charge in [-0.2, -0.15) is 0 Å². The van der Waals surface area contributed by atoms with Crippen LogP contribution in [0, 0.1) is 5.92 Å². The van der Waals surface area contributed by atoms with Gasteiger partial charge in [-0.3, -0.25) is 0 Å². The van der Waals surface area contributed by atoms with Gasteiger partial charge in [-0.05, 0) is 18.8 Å². The Bertz CT molecular complexity index is 331.